The first kappa shape index (κ1) is 20.8. The van der Waals surface area contributed by atoms with Gasteiger partial charge in [-0.3, -0.25) is 0 Å². The number of hydrogen-bond acceptors (Lipinski definition) is 3. The summed E-state index contributed by atoms with van der Waals surface area (Å²) in [6.07, 6.45) is 0. The SMILES string of the molecule is CCNc1ccc(C)cc1C(c1ccc(OC)cc1)c1cc(C)ccc1NCC. The van der Waals surface area contributed by atoms with Gasteiger partial charge in [-0.1, -0.05) is 47.5 Å². The van der Waals surface area contributed by atoms with Crippen molar-refractivity contribution in [2.45, 2.75) is 33.6 Å². The third-order valence-corrected chi connectivity index (χ3v) is 5.22. The lowest BCUT2D eigenvalue weighted by Crippen LogP contribution is -2.12. The number of anilines is 2. The lowest BCUT2D eigenvalue weighted by Gasteiger charge is -2.26. The maximum Gasteiger partial charge on any atom is 0.118 e. The highest BCUT2D eigenvalue weighted by Crippen LogP contribution is 2.40. The van der Waals surface area contributed by atoms with Gasteiger partial charge in [-0.25, -0.2) is 0 Å². The fourth-order valence-corrected chi connectivity index (χ4v) is 3.87. The molecule has 0 aliphatic rings. The minimum Gasteiger partial charge on any atom is -0.497 e. The maximum atomic E-state index is 5.40. The summed E-state index contributed by atoms with van der Waals surface area (Å²) >= 11 is 0. The van der Waals surface area contributed by atoms with E-state index in [4.69, 9.17) is 4.74 Å². The number of rotatable bonds is 8. The molecule has 3 nitrogen and oxygen atoms in total. The Labute approximate surface area is 175 Å². The van der Waals surface area contributed by atoms with Gasteiger partial charge in [0.2, 0.25) is 0 Å². The van der Waals surface area contributed by atoms with Crippen molar-refractivity contribution < 1.29 is 4.74 Å². The Morgan fingerprint density at radius 3 is 1.62 bits per heavy atom. The van der Waals surface area contributed by atoms with E-state index in [9.17, 15) is 0 Å². The number of nitrogens with one attached hydrogen (secondary N) is 2. The second kappa shape index (κ2) is 9.51. The van der Waals surface area contributed by atoms with Crippen LogP contribution in [-0.4, -0.2) is 20.2 Å². The van der Waals surface area contributed by atoms with Crippen molar-refractivity contribution in [1.29, 1.82) is 0 Å². The van der Waals surface area contributed by atoms with Gasteiger partial charge in [0, 0.05) is 30.4 Å². The number of hydrogen-bond donors (Lipinski definition) is 2. The zero-order chi connectivity index (χ0) is 20.8. The Hall–Kier alpha value is -2.94. The van der Waals surface area contributed by atoms with Crippen molar-refractivity contribution >= 4 is 11.4 Å². The third kappa shape index (κ3) is 4.73. The molecule has 0 spiro atoms. The zero-order valence-corrected chi connectivity index (χ0v) is 18.2. The van der Waals surface area contributed by atoms with Gasteiger partial charge in [-0.15, -0.1) is 0 Å². The standard InChI is InChI=1S/C26H32N2O/c1-6-27-24-14-8-18(3)16-22(24)26(20-10-12-21(29-5)13-11-20)23-17-19(4)9-15-25(23)28-7-2/h8-17,26-28H,6-7H2,1-5H3. The first-order valence-corrected chi connectivity index (χ1v) is 10.4. The summed E-state index contributed by atoms with van der Waals surface area (Å²) in [6.45, 7) is 10.4. The summed E-state index contributed by atoms with van der Waals surface area (Å²) in [4.78, 5) is 0. The number of benzene rings is 3. The van der Waals surface area contributed by atoms with Crippen LogP contribution in [0.3, 0.4) is 0 Å². The Morgan fingerprint density at radius 2 is 1.21 bits per heavy atom. The topological polar surface area (TPSA) is 33.3 Å². The molecular weight excluding hydrogens is 356 g/mol. The second-order valence-corrected chi connectivity index (χ2v) is 7.45. The smallest absolute Gasteiger partial charge is 0.118 e. The van der Waals surface area contributed by atoms with Crippen molar-refractivity contribution in [2.75, 3.05) is 30.8 Å². The summed E-state index contributed by atoms with van der Waals surface area (Å²) in [5.41, 5.74) is 8.73. The van der Waals surface area contributed by atoms with Gasteiger partial charge in [0.15, 0.2) is 0 Å². The average Bonchev–Trinajstić information content (AvgIpc) is 2.73. The molecule has 0 aliphatic heterocycles. The molecule has 0 heterocycles. The van der Waals surface area contributed by atoms with Crippen LogP contribution >= 0.6 is 0 Å². The van der Waals surface area contributed by atoms with Crippen LogP contribution in [0.25, 0.3) is 0 Å². The van der Waals surface area contributed by atoms with E-state index in [2.05, 4.69) is 86.9 Å². The molecule has 0 saturated carbocycles. The molecule has 0 amide bonds. The van der Waals surface area contributed by atoms with E-state index >= 15 is 0 Å². The van der Waals surface area contributed by atoms with Crippen LogP contribution in [0.2, 0.25) is 0 Å². The largest absolute Gasteiger partial charge is 0.497 e. The quantitative estimate of drug-likeness (QED) is 0.441. The van der Waals surface area contributed by atoms with Crippen LogP contribution in [0.1, 0.15) is 47.6 Å². The third-order valence-electron chi connectivity index (χ3n) is 5.22. The van der Waals surface area contributed by atoms with Gasteiger partial charge >= 0.3 is 0 Å². The Bertz CT molecular complexity index is 892. The number of aryl methyl sites for hydroxylation is 2. The molecule has 29 heavy (non-hydrogen) atoms. The molecular formula is C26H32N2O. The fraction of sp³-hybridized carbons (Fsp3) is 0.308. The van der Waals surface area contributed by atoms with E-state index < -0.39 is 0 Å². The van der Waals surface area contributed by atoms with E-state index in [-0.39, 0.29) is 5.92 Å². The maximum absolute atomic E-state index is 5.40. The second-order valence-electron chi connectivity index (χ2n) is 7.45. The van der Waals surface area contributed by atoms with Crippen LogP contribution in [0.4, 0.5) is 11.4 Å². The monoisotopic (exact) mass is 388 g/mol. The van der Waals surface area contributed by atoms with Gasteiger partial charge in [-0.2, -0.15) is 0 Å². The number of ether oxygens (including phenoxy) is 1. The van der Waals surface area contributed by atoms with E-state index in [0.717, 1.165) is 18.8 Å². The molecule has 0 saturated heterocycles. The zero-order valence-electron chi connectivity index (χ0n) is 18.2. The Balaban J connectivity index is 2.26. The van der Waals surface area contributed by atoms with Gasteiger partial charge in [0.25, 0.3) is 0 Å². The van der Waals surface area contributed by atoms with Gasteiger partial charge in [0.05, 0.1) is 7.11 Å². The van der Waals surface area contributed by atoms with Crippen molar-refractivity contribution in [3.8, 4) is 5.75 Å². The summed E-state index contributed by atoms with van der Waals surface area (Å²) in [7, 11) is 1.71. The first-order chi connectivity index (χ1) is 14.1. The van der Waals surface area contributed by atoms with Crippen molar-refractivity contribution in [3.05, 3.63) is 88.5 Å². The molecule has 152 valence electrons. The molecule has 3 heteroatoms. The van der Waals surface area contributed by atoms with Gasteiger partial charge in [0.1, 0.15) is 5.75 Å². The van der Waals surface area contributed by atoms with Gasteiger partial charge in [-0.05, 0) is 68.7 Å². The molecule has 0 radical (unpaired) electrons. The highest BCUT2D eigenvalue weighted by molar-refractivity contribution is 5.65. The van der Waals surface area contributed by atoms with Crippen molar-refractivity contribution in [2.24, 2.45) is 0 Å². The molecule has 0 aliphatic carbocycles. The molecule has 3 aromatic rings. The van der Waals surface area contributed by atoms with E-state index in [1.807, 2.05) is 12.1 Å². The fourth-order valence-electron chi connectivity index (χ4n) is 3.87. The van der Waals surface area contributed by atoms with E-state index in [0.29, 0.717) is 0 Å². The van der Waals surface area contributed by atoms with E-state index in [1.54, 1.807) is 7.11 Å². The molecule has 0 bridgehead atoms. The summed E-state index contributed by atoms with van der Waals surface area (Å²) in [6, 6.07) is 21.8. The number of methoxy groups -OCH3 is 1. The predicted molar refractivity (Wildman–Crippen MR) is 125 cm³/mol. The van der Waals surface area contributed by atoms with Crippen LogP contribution < -0.4 is 15.4 Å². The normalized spacial score (nSPS) is 10.8. The summed E-state index contributed by atoms with van der Waals surface area (Å²) in [5.74, 6) is 0.989. The summed E-state index contributed by atoms with van der Waals surface area (Å²) < 4.78 is 5.40. The lowest BCUT2D eigenvalue weighted by molar-refractivity contribution is 0.414. The molecule has 0 atom stereocenters. The van der Waals surface area contributed by atoms with Crippen molar-refractivity contribution in [1.82, 2.24) is 0 Å². The van der Waals surface area contributed by atoms with Crippen molar-refractivity contribution in [3.63, 3.8) is 0 Å². The Morgan fingerprint density at radius 1 is 0.724 bits per heavy atom. The minimum absolute atomic E-state index is 0.115. The lowest BCUT2D eigenvalue weighted by atomic mass is 9.82. The summed E-state index contributed by atoms with van der Waals surface area (Å²) in [5, 5.41) is 7.13. The van der Waals surface area contributed by atoms with E-state index in [1.165, 1.54) is 39.2 Å². The minimum atomic E-state index is 0.115. The molecule has 3 aromatic carbocycles. The van der Waals surface area contributed by atoms with Crippen LogP contribution in [-0.2, 0) is 0 Å². The van der Waals surface area contributed by atoms with Crippen LogP contribution in [0.5, 0.6) is 5.75 Å². The van der Waals surface area contributed by atoms with Crippen LogP contribution in [0.15, 0.2) is 60.7 Å². The highest BCUT2D eigenvalue weighted by atomic mass is 16.5. The highest BCUT2D eigenvalue weighted by Gasteiger charge is 2.23. The van der Waals surface area contributed by atoms with Crippen LogP contribution in [0, 0.1) is 13.8 Å². The molecule has 2 N–H and O–H groups in total. The van der Waals surface area contributed by atoms with Gasteiger partial charge < -0.3 is 15.4 Å². The molecule has 0 aromatic heterocycles. The molecule has 3 rings (SSSR count). The Kier molecular flexibility index (Phi) is 6.82. The molecule has 0 unspecified atom stereocenters. The first-order valence-electron chi connectivity index (χ1n) is 10.4. The average molecular weight is 389 g/mol. The molecule has 0 fully saturated rings. The predicted octanol–water partition coefficient (Wildman–Crippen LogP) is 6.36.